The normalized spacial score (nSPS) is 15.8. The Morgan fingerprint density at radius 2 is 2.06 bits per heavy atom. The smallest absolute Gasteiger partial charge is 0.147 e. The maximum absolute atomic E-state index is 4.71. The Labute approximate surface area is 110 Å². The van der Waals surface area contributed by atoms with Gasteiger partial charge in [0.25, 0.3) is 0 Å². The highest BCUT2D eigenvalue weighted by atomic mass is 15.2. The van der Waals surface area contributed by atoms with Crippen LogP contribution in [0.3, 0.4) is 0 Å². The minimum atomic E-state index is 0.110. The van der Waals surface area contributed by atoms with Gasteiger partial charge in [0.15, 0.2) is 0 Å². The monoisotopic (exact) mass is 248 g/mol. The summed E-state index contributed by atoms with van der Waals surface area (Å²) in [5, 5.41) is 3.45. The molecule has 0 amide bonds. The third-order valence-electron chi connectivity index (χ3n) is 3.09. The van der Waals surface area contributed by atoms with Gasteiger partial charge in [0.1, 0.15) is 5.82 Å². The van der Waals surface area contributed by atoms with Gasteiger partial charge in [-0.1, -0.05) is 0 Å². The Morgan fingerprint density at radius 1 is 1.33 bits per heavy atom. The highest BCUT2D eigenvalue weighted by molar-refractivity contribution is 5.39. The molecule has 1 aliphatic carbocycles. The molecule has 1 aliphatic rings. The summed E-state index contributed by atoms with van der Waals surface area (Å²) >= 11 is 0. The summed E-state index contributed by atoms with van der Waals surface area (Å²) in [7, 11) is 0. The van der Waals surface area contributed by atoms with Crippen LogP contribution in [0.4, 0.5) is 5.82 Å². The van der Waals surface area contributed by atoms with Gasteiger partial charge in [0.05, 0.1) is 11.9 Å². The summed E-state index contributed by atoms with van der Waals surface area (Å²) in [6.45, 7) is 10.4. The number of aromatic nitrogens is 2. The molecule has 1 aromatic heterocycles. The number of nitrogens with one attached hydrogen (secondary N) is 1. The van der Waals surface area contributed by atoms with Crippen LogP contribution in [-0.2, 0) is 6.54 Å². The standard InChI is InChI=1S/C14H24N4/c1-5-18(12-6-7-12)13-10-15-8-11(17-13)9-16-14(2,3)4/h8,10,12,16H,5-7,9H2,1-4H3. The lowest BCUT2D eigenvalue weighted by molar-refractivity contribution is 0.421. The van der Waals surface area contributed by atoms with E-state index in [1.54, 1.807) is 0 Å². The van der Waals surface area contributed by atoms with Gasteiger partial charge >= 0.3 is 0 Å². The summed E-state index contributed by atoms with van der Waals surface area (Å²) in [5.74, 6) is 1.02. The predicted molar refractivity (Wildman–Crippen MR) is 74.7 cm³/mol. The van der Waals surface area contributed by atoms with Crippen LogP contribution in [0.25, 0.3) is 0 Å². The van der Waals surface area contributed by atoms with Gasteiger partial charge in [-0.3, -0.25) is 4.98 Å². The number of hydrogen-bond donors (Lipinski definition) is 1. The molecule has 0 unspecified atom stereocenters. The molecule has 100 valence electrons. The minimum absolute atomic E-state index is 0.110. The second-order valence-electron chi connectivity index (χ2n) is 5.99. The molecule has 0 atom stereocenters. The number of anilines is 1. The Kier molecular flexibility index (Phi) is 3.85. The highest BCUT2D eigenvalue weighted by Gasteiger charge is 2.29. The van der Waals surface area contributed by atoms with Crippen molar-refractivity contribution in [3.8, 4) is 0 Å². The van der Waals surface area contributed by atoms with E-state index in [1.807, 2.05) is 12.4 Å². The zero-order chi connectivity index (χ0) is 13.2. The van der Waals surface area contributed by atoms with Crippen molar-refractivity contribution >= 4 is 5.82 Å². The SMILES string of the molecule is CCN(c1cncc(CNC(C)(C)C)n1)C1CC1. The molecule has 1 N–H and O–H groups in total. The fraction of sp³-hybridized carbons (Fsp3) is 0.714. The fourth-order valence-electron chi connectivity index (χ4n) is 1.97. The summed E-state index contributed by atoms with van der Waals surface area (Å²) in [5.41, 5.74) is 1.13. The van der Waals surface area contributed by atoms with E-state index in [2.05, 4.69) is 42.9 Å². The van der Waals surface area contributed by atoms with E-state index in [-0.39, 0.29) is 5.54 Å². The van der Waals surface area contributed by atoms with E-state index in [0.717, 1.165) is 24.6 Å². The van der Waals surface area contributed by atoms with Crippen molar-refractivity contribution in [1.82, 2.24) is 15.3 Å². The highest BCUT2D eigenvalue weighted by Crippen LogP contribution is 2.29. The molecular weight excluding hydrogens is 224 g/mol. The van der Waals surface area contributed by atoms with Gasteiger partial charge in [0.2, 0.25) is 0 Å². The second kappa shape index (κ2) is 5.22. The lowest BCUT2D eigenvalue weighted by Gasteiger charge is -2.23. The first-order valence-electron chi connectivity index (χ1n) is 6.82. The van der Waals surface area contributed by atoms with Gasteiger partial charge < -0.3 is 10.2 Å². The van der Waals surface area contributed by atoms with Crippen LogP contribution in [0.1, 0.15) is 46.2 Å². The molecule has 4 nitrogen and oxygen atoms in total. The molecule has 0 aliphatic heterocycles. The summed E-state index contributed by atoms with van der Waals surface area (Å²) in [6.07, 6.45) is 6.31. The Bertz CT molecular complexity index is 393. The van der Waals surface area contributed by atoms with Crippen LogP contribution in [0.2, 0.25) is 0 Å². The molecule has 2 rings (SSSR count). The molecule has 0 spiro atoms. The first-order valence-corrected chi connectivity index (χ1v) is 6.82. The molecule has 0 bridgehead atoms. The zero-order valence-corrected chi connectivity index (χ0v) is 11.9. The minimum Gasteiger partial charge on any atom is -0.353 e. The van der Waals surface area contributed by atoms with Crippen LogP contribution in [0.15, 0.2) is 12.4 Å². The van der Waals surface area contributed by atoms with E-state index in [0.29, 0.717) is 6.04 Å². The van der Waals surface area contributed by atoms with Crippen molar-refractivity contribution in [2.24, 2.45) is 0 Å². The van der Waals surface area contributed by atoms with E-state index in [1.165, 1.54) is 12.8 Å². The average molecular weight is 248 g/mol. The summed E-state index contributed by atoms with van der Waals surface area (Å²) in [6, 6.07) is 0.690. The number of hydrogen-bond acceptors (Lipinski definition) is 4. The van der Waals surface area contributed by atoms with E-state index >= 15 is 0 Å². The van der Waals surface area contributed by atoms with Crippen LogP contribution in [0, 0.1) is 0 Å². The number of nitrogens with zero attached hydrogens (tertiary/aromatic N) is 3. The molecule has 4 heteroatoms. The van der Waals surface area contributed by atoms with Gasteiger partial charge in [0, 0.05) is 30.9 Å². The van der Waals surface area contributed by atoms with Crippen LogP contribution in [0.5, 0.6) is 0 Å². The van der Waals surface area contributed by atoms with Gasteiger partial charge in [-0.15, -0.1) is 0 Å². The van der Waals surface area contributed by atoms with Crippen LogP contribution >= 0.6 is 0 Å². The topological polar surface area (TPSA) is 41.1 Å². The summed E-state index contributed by atoms with van der Waals surface area (Å²) in [4.78, 5) is 11.4. The second-order valence-corrected chi connectivity index (χ2v) is 5.99. The zero-order valence-electron chi connectivity index (χ0n) is 11.9. The third-order valence-corrected chi connectivity index (χ3v) is 3.09. The third kappa shape index (κ3) is 3.67. The maximum Gasteiger partial charge on any atom is 0.147 e. The van der Waals surface area contributed by atoms with Crippen LogP contribution < -0.4 is 10.2 Å². The van der Waals surface area contributed by atoms with E-state index in [4.69, 9.17) is 4.98 Å². The van der Waals surface area contributed by atoms with Crippen molar-refractivity contribution in [3.05, 3.63) is 18.1 Å². The van der Waals surface area contributed by atoms with Crippen molar-refractivity contribution in [3.63, 3.8) is 0 Å². The first-order chi connectivity index (χ1) is 8.49. The maximum atomic E-state index is 4.71. The van der Waals surface area contributed by atoms with E-state index in [9.17, 15) is 0 Å². The summed E-state index contributed by atoms with van der Waals surface area (Å²) < 4.78 is 0. The Balaban J connectivity index is 2.04. The largest absolute Gasteiger partial charge is 0.353 e. The lowest BCUT2D eigenvalue weighted by Crippen LogP contribution is -2.35. The molecule has 0 saturated heterocycles. The molecule has 1 fully saturated rings. The molecule has 1 aromatic rings. The Hall–Kier alpha value is -1.16. The lowest BCUT2D eigenvalue weighted by atomic mass is 10.1. The van der Waals surface area contributed by atoms with Crippen molar-refractivity contribution in [2.45, 2.75) is 58.7 Å². The fourth-order valence-corrected chi connectivity index (χ4v) is 1.97. The van der Waals surface area contributed by atoms with Crippen molar-refractivity contribution in [1.29, 1.82) is 0 Å². The molecule has 1 saturated carbocycles. The molecule has 0 aromatic carbocycles. The predicted octanol–water partition coefficient (Wildman–Crippen LogP) is 2.35. The van der Waals surface area contributed by atoms with Gasteiger partial charge in [-0.2, -0.15) is 0 Å². The van der Waals surface area contributed by atoms with Gasteiger partial charge in [-0.05, 0) is 40.5 Å². The Morgan fingerprint density at radius 3 is 2.61 bits per heavy atom. The average Bonchev–Trinajstić information content (AvgIpc) is 3.12. The van der Waals surface area contributed by atoms with Crippen molar-refractivity contribution in [2.75, 3.05) is 11.4 Å². The molecule has 0 radical (unpaired) electrons. The van der Waals surface area contributed by atoms with Gasteiger partial charge in [-0.25, -0.2) is 4.98 Å². The first kappa shape index (κ1) is 13.3. The molecular formula is C14H24N4. The number of rotatable bonds is 5. The van der Waals surface area contributed by atoms with E-state index < -0.39 is 0 Å². The van der Waals surface area contributed by atoms with Crippen LogP contribution in [-0.4, -0.2) is 28.1 Å². The quantitative estimate of drug-likeness (QED) is 0.868. The molecule has 18 heavy (non-hydrogen) atoms. The van der Waals surface area contributed by atoms with Crippen molar-refractivity contribution < 1.29 is 0 Å². The molecule has 1 heterocycles.